The fourth-order valence-corrected chi connectivity index (χ4v) is 1.93. The molecule has 100 valence electrons. The van der Waals surface area contributed by atoms with Gasteiger partial charge in [-0.25, -0.2) is 4.79 Å². The molecule has 0 atom stereocenters. The van der Waals surface area contributed by atoms with Gasteiger partial charge in [-0.05, 0) is 24.3 Å². The van der Waals surface area contributed by atoms with Crippen LogP contribution in [0.4, 0.5) is 0 Å². The minimum atomic E-state index is -0.548. The highest BCUT2D eigenvalue weighted by Gasteiger charge is 2.14. The average molecular weight is 268 g/mol. The van der Waals surface area contributed by atoms with Gasteiger partial charge in [0.2, 0.25) is 5.89 Å². The number of methoxy groups -OCH3 is 1. The van der Waals surface area contributed by atoms with Gasteiger partial charge in [0.15, 0.2) is 0 Å². The van der Waals surface area contributed by atoms with Crippen molar-refractivity contribution >= 4 is 0 Å². The van der Waals surface area contributed by atoms with Gasteiger partial charge in [0.25, 0.3) is 0 Å². The lowest BCUT2D eigenvalue weighted by atomic mass is 10.2. The summed E-state index contributed by atoms with van der Waals surface area (Å²) in [5.41, 5.74) is 1.30. The smallest absolute Gasteiger partial charge is 0.442 e. The SMILES string of the molecule is COc1ccccc1-n1nc(-c2ccccc2)oc1=O. The molecule has 20 heavy (non-hydrogen) atoms. The van der Waals surface area contributed by atoms with Crippen molar-refractivity contribution < 1.29 is 9.15 Å². The molecule has 0 aliphatic heterocycles. The predicted molar refractivity (Wildman–Crippen MR) is 74.1 cm³/mol. The second-order valence-electron chi connectivity index (χ2n) is 4.12. The molecule has 1 heterocycles. The van der Waals surface area contributed by atoms with E-state index in [-0.39, 0.29) is 5.89 Å². The first-order valence-corrected chi connectivity index (χ1v) is 6.08. The number of hydrogen-bond donors (Lipinski definition) is 0. The minimum Gasteiger partial charge on any atom is -0.494 e. The first-order valence-electron chi connectivity index (χ1n) is 6.08. The molecule has 1 aromatic heterocycles. The van der Waals surface area contributed by atoms with Crippen LogP contribution in [-0.2, 0) is 0 Å². The quantitative estimate of drug-likeness (QED) is 0.732. The summed E-state index contributed by atoms with van der Waals surface area (Å²) in [6, 6.07) is 16.4. The molecule has 0 amide bonds. The summed E-state index contributed by atoms with van der Waals surface area (Å²) in [4.78, 5) is 12.0. The van der Waals surface area contributed by atoms with Crippen LogP contribution in [0, 0.1) is 0 Å². The van der Waals surface area contributed by atoms with E-state index in [1.54, 1.807) is 25.3 Å². The zero-order chi connectivity index (χ0) is 13.9. The van der Waals surface area contributed by atoms with Gasteiger partial charge in [0.1, 0.15) is 11.4 Å². The highest BCUT2D eigenvalue weighted by molar-refractivity contribution is 5.53. The Morgan fingerprint density at radius 2 is 1.75 bits per heavy atom. The fourth-order valence-electron chi connectivity index (χ4n) is 1.93. The molecule has 5 nitrogen and oxygen atoms in total. The molecule has 0 saturated heterocycles. The Kier molecular flexibility index (Phi) is 3.09. The van der Waals surface area contributed by atoms with Crippen molar-refractivity contribution in [1.82, 2.24) is 9.78 Å². The van der Waals surface area contributed by atoms with E-state index < -0.39 is 5.76 Å². The normalized spacial score (nSPS) is 10.4. The van der Waals surface area contributed by atoms with Crippen LogP contribution in [0.1, 0.15) is 0 Å². The molecule has 5 heteroatoms. The van der Waals surface area contributed by atoms with E-state index in [1.165, 1.54) is 4.68 Å². The maximum absolute atomic E-state index is 12.0. The predicted octanol–water partition coefficient (Wildman–Crippen LogP) is 2.50. The van der Waals surface area contributed by atoms with Crippen LogP contribution >= 0.6 is 0 Å². The average Bonchev–Trinajstić information content (AvgIpc) is 2.90. The van der Waals surface area contributed by atoms with E-state index in [4.69, 9.17) is 9.15 Å². The molecule has 0 aliphatic carbocycles. The van der Waals surface area contributed by atoms with Crippen LogP contribution in [0.3, 0.4) is 0 Å². The number of ether oxygens (including phenoxy) is 1. The van der Waals surface area contributed by atoms with Gasteiger partial charge in [-0.2, -0.15) is 4.68 Å². The maximum Gasteiger partial charge on any atom is 0.442 e. The van der Waals surface area contributed by atoms with E-state index in [9.17, 15) is 4.79 Å². The molecule has 0 spiro atoms. The summed E-state index contributed by atoms with van der Waals surface area (Å²) in [6.07, 6.45) is 0. The number of benzene rings is 2. The second-order valence-corrected chi connectivity index (χ2v) is 4.12. The molecular formula is C15H12N2O3. The minimum absolute atomic E-state index is 0.279. The van der Waals surface area contributed by atoms with Gasteiger partial charge in [-0.3, -0.25) is 0 Å². The first kappa shape index (κ1) is 12.2. The number of aromatic nitrogens is 2. The van der Waals surface area contributed by atoms with E-state index in [1.807, 2.05) is 36.4 Å². The summed E-state index contributed by atoms with van der Waals surface area (Å²) in [6.45, 7) is 0. The first-order chi connectivity index (χ1) is 9.79. The molecule has 0 saturated carbocycles. The molecule has 0 fully saturated rings. The van der Waals surface area contributed by atoms with Crippen molar-refractivity contribution in [3.05, 3.63) is 65.1 Å². The number of para-hydroxylation sites is 2. The second kappa shape index (κ2) is 5.05. The van der Waals surface area contributed by atoms with Crippen LogP contribution < -0.4 is 10.5 Å². The molecule has 0 aliphatic rings. The monoisotopic (exact) mass is 268 g/mol. The summed E-state index contributed by atoms with van der Waals surface area (Å²) in [5, 5.41) is 4.22. The standard InChI is InChI=1S/C15H12N2O3/c1-19-13-10-6-5-9-12(13)17-15(18)20-14(16-17)11-7-3-2-4-8-11/h2-10H,1H3. The van der Waals surface area contributed by atoms with E-state index in [0.29, 0.717) is 11.4 Å². The molecule has 0 N–H and O–H groups in total. The molecule has 3 aromatic rings. The molecule has 0 unspecified atom stereocenters. The van der Waals surface area contributed by atoms with E-state index in [0.717, 1.165) is 5.56 Å². The van der Waals surface area contributed by atoms with Crippen LogP contribution in [0.2, 0.25) is 0 Å². The lowest BCUT2D eigenvalue weighted by molar-refractivity contribution is 0.410. The van der Waals surface area contributed by atoms with Crippen molar-refractivity contribution in [2.45, 2.75) is 0 Å². The van der Waals surface area contributed by atoms with Gasteiger partial charge >= 0.3 is 5.76 Å². The highest BCUT2D eigenvalue weighted by atomic mass is 16.5. The van der Waals surface area contributed by atoms with Gasteiger partial charge < -0.3 is 9.15 Å². The Bertz CT molecular complexity index is 775. The summed E-state index contributed by atoms with van der Waals surface area (Å²) in [5.74, 6) is 0.289. The van der Waals surface area contributed by atoms with Gasteiger partial charge in [0, 0.05) is 5.56 Å². The van der Waals surface area contributed by atoms with Crippen molar-refractivity contribution in [2.24, 2.45) is 0 Å². The highest BCUT2D eigenvalue weighted by Crippen LogP contribution is 2.22. The van der Waals surface area contributed by atoms with Crippen molar-refractivity contribution in [3.63, 3.8) is 0 Å². The topological polar surface area (TPSA) is 57.3 Å². The Balaban J connectivity index is 2.13. The number of nitrogens with zero attached hydrogens (tertiary/aromatic N) is 2. The molecule has 2 aromatic carbocycles. The van der Waals surface area contributed by atoms with Crippen LogP contribution in [0.15, 0.2) is 63.8 Å². The zero-order valence-electron chi connectivity index (χ0n) is 10.8. The van der Waals surface area contributed by atoms with Gasteiger partial charge in [-0.1, -0.05) is 30.3 Å². The zero-order valence-corrected chi connectivity index (χ0v) is 10.8. The third kappa shape index (κ3) is 2.09. The van der Waals surface area contributed by atoms with Crippen LogP contribution in [0.5, 0.6) is 5.75 Å². The summed E-state index contributed by atoms with van der Waals surface area (Å²) in [7, 11) is 1.54. The summed E-state index contributed by atoms with van der Waals surface area (Å²) >= 11 is 0. The third-order valence-electron chi connectivity index (χ3n) is 2.88. The van der Waals surface area contributed by atoms with E-state index >= 15 is 0 Å². The van der Waals surface area contributed by atoms with Crippen LogP contribution in [-0.4, -0.2) is 16.9 Å². The number of rotatable bonds is 3. The Hall–Kier alpha value is -2.82. The largest absolute Gasteiger partial charge is 0.494 e. The molecule has 3 rings (SSSR count). The van der Waals surface area contributed by atoms with Crippen molar-refractivity contribution in [2.75, 3.05) is 7.11 Å². The molecule has 0 bridgehead atoms. The summed E-state index contributed by atoms with van der Waals surface area (Å²) < 4.78 is 11.6. The Morgan fingerprint density at radius 1 is 1.05 bits per heavy atom. The lowest BCUT2D eigenvalue weighted by Crippen LogP contribution is -2.14. The van der Waals surface area contributed by atoms with Gasteiger partial charge in [0.05, 0.1) is 7.11 Å². The Morgan fingerprint density at radius 3 is 2.50 bits per heavy atom. The van der Waals surface area contributed by atoms with Crippen LogP contribution in [0.25, 0.3) is 17.1 Å². The fraction of sp³-hybridized carbons (Fsp3) is 0.0667. The third-order valence-corrected chi connectivity index (χ3v) is 2.88. The molecule has 0 radical (unpaired) electrons. The lowest BCUT2D eigenvalue weighted by Gasteiger charge is -2.05. The maximum atomic E-state index is 12.0. The van der Waals surface area contributed by atoms with Crippen molar-refractivity contribution in [1.29, 1.82) is 0 Å². The number of hydrogen-bond acceptors (Lipinski definition) is 4. The van der Waals surface area contributed by atoms with Gasteiger partial charge in [-0.15, -0.1) is 5.10 Å². The van der Waals surface area contributed by atoms with Crippen molar-refractivity contribution in [3.8, 4) is 22.9 Å². The Labute approximate surface area is 115 Å². The van der Waals surface area contributed by atoms with E-state index in [2.05, 4.69) is 5.10 Å². The molecular weight excluding hydrogens is 256 g/mol.